The number of carbonyl (C=O) groups excluding carboxylic acids is 4. The van der Waals surface area contributed by atoms with Crippen LogP contribution < -0.4 is 32.7 Å². The highest BCUT2D eigenvalue weighted by Gasteiger charge is 2.33. The number of hydrogen-bond donors (Lipinski definition) is 11. The van der Waals surface area contributed by atoms with Gasteiger partial charge in [-0.3, -0.25) is 19.2 Å². The van der Waals surface area contributed by atoms with Crippen molar-refractivity contribution in [1.82, 2.24) is 36.2 Å². The number of thiol groups is 1. The Morgan fingerprint density at radius 1 is 0.569 bits per heavy atom. The number of amides is 4. The van der Waals surface area contributed by atoms with Crippen LogP contribution in [0.1, 0.15) is 36.0 Å². The average molecular weight is 808 g/mol. The highest BCUT2D eigenvalue weighted by Crippen LogP contribution is 2.22. The molecule has 12 N–H and O–H groups in total. The van der Waals surface area contributed by atoms with Crippen LogP contribution in [0.2, 0.25) is 0 Å². The molecule has 3 aromatic carbocycles. The Morgan fingerprint density at radius 2 is 0.948 bits per heavy atom. The molecule has 0 aliphatic rings. The first kappa shape index (κ1) is 41.5. The Bertz CT molecular complexity index is 2390. The summed E-state index contributed by atoms with van der Waals surface area (Å²) >= 11 is 4.33. The molecule has 16 heteroatoms. The largest absolute Gasteiger partial charge is 0.480 e. The maximum absolute atomic E-state index is 14.3. The summed E-state index contributed by atoms with van der Waals surface area (Å²) in [4.78, 5) is 77.4. The molecular formula is C42H49N9O6S. The third kappa shape index (κ3) is 10.1. The number of carboxylic acids is 1. The second kappa shape index (κ2) is 19.4. The Balaban J connectivity index is 1.23. The van der Waals surface area contributed by atoms with Crippen LogP contribution in [-0.4, -0.2) is 92.2 Å². The number of carboxylic acid groups (broad SMARTS) is 1. The number of H-pyrrole nitrogens is 3. The van der Waals surface area contributed by atoms with Crippen molar-refractivity contribution in [2.45, 2.75) is 68.7 Å². The zero-order valence-electron chi connectivity index (χ0n) is 31.8. The van der Waals surface area contributed by atoms with E-state index >= 15 is 0 Å². The van der Waals surface area contributed by atoms with Crippen LogP contribution in [0, 0.1) is 0 Å². The maximum atomic E-state index is 14.3. The molecule has 4 amide bonds. The van der Waals surface area contributed by atoms with E-state index in [-0.39, 0.29) is 25.0 Å². The molecule has 0 saturated heterocycles. The highest BCUT2D eigenvalue weighted by molar-refractivity contribution is 7.80. The van der Waals surface area contributed by atoms with Crippen LogP contribution in [0.4, 0.5) is 0 Å². The van der Waals surface area contributed by atoms with Crippen molar-refractivity contribution >= 4 is 74.9 Å². The summed E-state index contributed by atoms with van der Waals surface area (Å²) in [6.07, 6.45) is 6.98. The molecule has 0 aliphatic heterocycles. The molecule has 5 atom stereocenters. The van der Waals surface area contributed by atoms with Crippen molar-refractivity contribution in [1.29, 1.82) is 0 Å². The number of aromatic amines is 3. The highest BCUT2D eigenvalue weighted by atomic mass is 32.1. The second-order valence-electron chi connectivity index (χ2n) is 14.3. The van der Waals surface area contributed by atoms with Crippen molar-refractivity contribution in [3.8, 4) is 0 Å². The zero-order chi connectivity index (χ0) is 41.2. The number of benzene rings is 3. The van der Waals surface area contributed by atoms with Crippen LogP contribution in [0.3, 0.4) is 0 Å². The summed E-state index contributed by atoms with van der Waals surface area (Å²) in [6.45, 7) is 0.459. The molecule has 0 radical (unpaired) electrons. The van der Waals surface area contributed by atoms with Gasteiger partial charge in [-0.2, -0.15) is 12.6 Å². The Kier molecular flexibility index (Phi) is 13.9. The minimum absolute atomic E-state index is 0.00711. The fraction of sp³-hybridized carbons (Fsp3) is 0.310. The summed E-state index contributed by atoms with van der Waals surface area (Å²) < 4.78 is 0. The van der Waals surface area contributed by atoms with E-state index in [1.807, 2.05) is 72.8 Å². The van der Waals surface area contributed by atoms with Gasteiger partial charge in [0.15, 0.2) is 0 Å². The smallest absolute Gasteiger partial charge is 0.326 e. The van der Waals surface area contributed by atoms with Gasteiger partial charge in [0.1, 0.15) is 24.2 Å². The van der Waals surface area contributed by atoms with Gasteiger partial charge in [0.25, 0.3) is 0 Å². The minimum Gasteiger partial charge on any atom is -0.480 e. The van der Waals surface area contributed by atoms with Gasteiger partial charge in [-0.25, -0.2) is 4.79 Å². The third-order valence-electron chi connectivity index (χ3n) is 10.3. The van der Waals surface area contributed by atoms with Crippen molar-refractivity contribution in [2.24, 2.45) is 11.5 Å². The van der Waals surface area contributed by atoms with E-state index in [1.165, 1.54) is 0 Å². The summed E-state index contributed by atoms with van der Waals surface area (Å²) in [6, 6.07) is 16.6. The molecule has 3 aromatic heterocycles. The van der Waals surface area contributed by atoms with Crippen LogP contribution in [0.15, 0.2) is 91.4 Å². The molecule has 15 nitrogen and oxygen atoms in total. The van der Waals surface area contributed by atoms with E-state index in [0.717, 1.165) is 38.3 Å². The number of aromatic nitrogens is 3. The zero-order valence-corrected chi connectivity index (χ0v) is 32.7. The number of rotatable bonds is 20. The van der Waals surface area contributed by atoms with Crippen LogP contribution >= 0.6 is 12.6 Å². The summed E-state index contributed by atoms with van der Waals surface area (Å²) in [5.74, 6) is -4.08. The first-order valence-corrected chi connectivity index (χ1v) is 19.8. The lowest BCUT2D eigenvalue weighted by Gasteiger charge is -2.26. The molecule has 58 heavy (non-hydrogen) atoms. The molecule has 304 valence electrons. The Morgan fingerprint density at radius 3 is 1.38 bits per heavy atom. The van der Waals surface area contributed by atoms with Gasteiger partial charge in [0, 0.05) is 76.3 Å². The van der Waals surface area contributed by atoms with Gasteiger partial charge in [-0.1, -0.05) is 61.0 Å². The molecule has 3 heterocycles. The standard InChI is InChI=1S/C42H49N9O6S/c43-16-8-7-12-30(44)38(52)48-34(17-24-20-45-31-13-4-1-9-27(24)31)39(53)49-35(18-25-21-46-32-14-5-2-10-28(25)32)40(54)51-37(23-58)41(55)50-36(42(56)57)19-26-22-47-33-15-6-3-11-29(26)33/h1-6,9-11,13-15,20-22,30,34-37,45-47,58H,7-8,12,16-19,23,43-44H2,(H,48,52)(H,49,53)(H,50,55)(H,51,54)(H,56,57)/t30-,34-,35-,36-,37-/m0/s1. The van der Waals surface area contributed by atoms with E-state index in [9.17, 15) is 29.1 Å². The molecule has 6 rings (SSSR count). The molecule has 0 saturated carbocycles. The van der Waals surface area contributed by atoms with Crippen LogP contribution in [-0.2, 0) is 43.2 Å². The third-order valence-corrected chi connectivity index (χ3v) is 10.7. The monoisotopic (exact) mass is 807 g/mol. The normalized spacial score (nSPS) is 14.1. The van der Waals surface area contributed by atoms with E-state index in [1.54, 1.807) is 18.6 Å². The van der Waals surface area contributed by atoms with Gasteiger partial charge in [-0.15, -0.1) is 0 Å². The predicted octanol–water partition coefficient (Wildman–Crippen LogP) is 2.57. The number of aliphatic carboxylic acids is 1. The Labute approximate surface area is 339 Å². The van der Waals surface area contributed by atoms with E-state index in [0.29, 0.717) is 36.9 Å². The molecule has 0 unspecified atom stereocenters. The number of para-hydroxylation sites is 3. The van der Waals surface area contributed by atoms with Crippen LogP contribution in [0.25, 0.3) is 32.7 Å². The van der Waals surface area contributed by atoms with Crippen LogP contribution in [0.5, 0.6) is 0 Å². The first-order chi connectivity index (χ1) is 28.1. The van der Waals surface area contributed by atoms with Crippen molar-refractivity contribution in [2.75, 3.05) is 12.3 Å². The lowest BCUT2D eigenvalue weighted by atomic mass is 10.0. The minimum atomic E-state index is -1.32. The fourth-order valence-electron chi connectivity index (χ4n) is 7.11. The second-order valence-corrected chi connectivity index (χ2v) is 14.7. The van der Waals surface area contributed by atoms with Gasteiger partial charge in [0.2, 0.25) is 23.6 Å². The molecule has 0 spiro atoms. The van der Waals surface area contributed by atoms with Gasteiger partial charge < -0.3 is 52.8 Å². The van der Waals surface area contributed by atoms with Gasteiger partial charge in [0.05, 0.1) is 6.04 Å². The van der Waals surface area contributed by atoms with E-state index in [2.05, 4.69) is 48.8 Å². The number of unbranched alkanes of at least 4 members (excludes halogenated alkanes) is 1. The van der Waals surface area contributed by atoms with E-state index < -0.39 is 59.8 Å². The Hall–Kier alpha value is -6.10. The number of nitrogens with two attached hydrogens (primary N) is 2. The van der Waals surface area contributed by atoms with E-state index in [4.69, 9.17) is 11.5 Å². The SMILES string of the molecule is NCCCC[C@H](N)C(=O)N[C@@H](Cc1c[nH]c2ccccc12)C(=O)N[C@@H](Cc1c[nH]c2ccccc12)C(=O)N[C@@H](CS)C(=O)N[C@@H](Cc1c[nH]c2ccccc12)C(=O)O. The van der Waals surface area contributed by atoms with Crippen molar-refractivity contribution < 1.29 is 29.1 Å². The number of carbonyl (C=O) groups is 5. The lowest BCUT2D eigenvalue weighted by molar-refractivity contribution is -0.142. The molecule has 0 fully saturated rings. The fourth-order valence-corrected chi connectivity index (χ4v) is 7.37. The van der Waals surface area contributed by atoms with Crippen molar-refractivity contribution in [3.05, 3.63) is 108 Å². The molecule has 0 bridgehead atoms. The summed E-state index contributed by atoms with van der Waals surface area (Å²) in [7, 11) is 0. The number of nitrogens with one attached hydrogen (secondary N) is 7. The average Bonchev–Trinajstić information content (AvgIpc) is 3.96. The van der Waals surface area contributed by atoms with Gasteiger partial charge in [-0.05, 0) is 54.3 Å². The number of hydrogen-bond acceptors (Lipinski definition) is 8. The lowest BCUT2D eigenvalue weighted by Crippen LogP contribution is -2.59. The molecule has 6 aromatic rings. The topological polar surface area (TPSA) is 253 Å². The number of fused-ring (bicyclic) bond motifs is 3. The van der Waals surface area contributed by atoms with Gasteiger partial charge >= 0.3 is 5.97 Å². The molecule has 0 aliphatic carbocycles. The maximum Gasteiger partial charge on any atom is 0.326 e. The molecular weight excluding hydrogens is 759 g/mol. The summed E-state index contributed by atoms with van der Waals surface area (Å²) in [5.41, 5.74) is 16.5. The predicted molar refractivity (Wildman–Crippen MR) is 226 cm³/mol. The quantitative estimate of drug-likeness (QED) is 0.0403. The summed E-state index contributed by atoms with van der Waals surface area (Å²) in [5, 5.41) is 23.5. The van der Waals surface area contributed by atoms with Crippen molar-refractivity contribution in [3.63, 3.8) is 0 Å². The first-order valence-electron chi connectivity index (χ1n) is 19.2.